The van der Waals surface area contributed by atoms with Crippen molar-refractivity contribution < 1.29 is 56.5 Å². The first-order valence-corrected chi connectivity index (χ1v) is 24.8. The predicted octanol–water partition coefficient (Wildman–Crippen LogP) is 3.45. The van der Waals surface area contributed by atoms with Crippen LogP contribution in [0.2, 0.25) is 38.3 Å². The summed E-state index contributed by atoms with van der Waals surface area (Å²) in [5, 5.41) is 5.50. The van der Waals surface area contributed by atoms with Crippen LogP contribution in [0.5, 0.6) is 0 Å². The van der Waals surface area contributed by atoms with Crippen molar-refractivity contribution in [3.63, 3.8) is 0 Å². The van der Waals surface area contributed by atoms with Crippen molar-refractivity contribution in [1.82, 2.24) is 20.4 Å². The fourth-order valence-corrected chi connectivity index (χ4v) is 13.7. The number of nitrogens with zero attached hydrogens (tertiary/aromatic N) is 2. The molecule has 0 aliphatic heterocycles. The lowest BCUT2D eigenvalue weighted by atomic mass is 10.4. The summed E-state index contributed by atoms with van der Waals surface area (Å²) < 4.78 is 38.9. The van der Waals surface area contributed by atoms with Crippen LogP contribution in [0.3, 0.4) is 0 Å². The van der Waals surface area contributed by atoms with Gasteiger partial charge in [0.15, 0.2) is 16.6 Å². The monoisotopic (exact) mass is 804 g/mol. The molecule has 0 fully saturated rings. The normalized spacial score (nSPS) is 11.4. The Balaban J connectivity index is 4.13. The number of ether oxygens (including phenoxy) is 6. The molecule has 0 unspecified atom stereocenters. The Labute approximate surface area is 324 Å². The van der Waals surface area contributed by atoms with Crippen LogP contribution in [0, 0.1) is 0 Å². The second-order valence-electron chi connectivity index (χ2n) is 14.0. The Morgan fingerprint density at radius 3 is 1.43 bits per heavy atom. The largest absolute Gasteiger partial charge is 0.461 e. The number of carbonyl (C=O) groups excluding carboxylic acids is 5. The van der Waals surface area contributed by atoms with Crippen LogP contribution >= 0.6 is 0 Å². The summed E-state index contributed by atoms with van der Waals surface area (Å²) in [5.74, 6) is -1.13. The molecule has 0 radical (unpaired) electrons. The molecule has 3 amide bonds. The van der Waals surface area contributed by atoms with Gasteiger partial charge in [-0.05, 0) is 65.0 Å². The molecule has 0 aliphatic carbocycles. The summed E-state index contributed by atoms with van der Waals surface area (Å²) >= 11 is 0. The van der Waals surface area contributed by atoms with Gasteiger partial charge in [0.1, 0.15) is 19.8 Å². The summed E-state index contributed by atoms with van der Waals surface area (Å²) in [7, 11) is -3.83. The van der Waals surface area contributed by atoms with E-state index in [1.807, 2.05) is 0 Å². The van der Waals surface area contributed by atoms with Gasteiger partial charge in [-0.3, -0.25) is 14.9 Å². The van der Waals surface area contributed by atoms with Crippen LogP contribution in [0.15, 0.2) is 24.3 Å². The molecule has 0 bridgehead atoms. The summed E-state index contributed by atoms with van der Waals surface area (Å²) in [6.45, 7) is 27.1. The zero-order valence-corrected chi connectivity index (χ0v) is 36.1. The SMILES string of the molecule is C=C(C)C(=O)OCCNCOCCN(CCOCCC[Si](C)(C)O[Si](C)(C)CCCOCCN(CCOC(=O)NCCOC(=O)C(=C)C)C(C)=O)C(C)=O. The van der Waals surface area contributed by atoms with E-state index in [1.165, 1.54) is 20.8 Å². The fraction of sp³-hybridized carbons (Fsp3) is 0.750. The van der Waals surface area contributed by atoms with Crippen molar-refractivity contribution in [3.8, 4) is 0 Å². The minimum absolute atomic E-state index is 0.00383. The van der Waals surface area contributed by atoms with Crippen molar-refractivity contribution in [1.29, 1.82) is 0 Å². The molecule has 0 saturated heterocycles. The second-order valence-corrected chi connectivity index (χ2v) is 22.9. The van der Waals surface area contributed by atoms with Gasteiger partial charge >= 0.3 is 18.0 Å². The van der Waals surface area contributed by atoms with Crippen molar-refractivity contribution >= 4 is 46.5 Å². The lowest BCUT2D eigenvalue weighted by molar-refractivity contribution is -0.139. The third-order valence-corrected chi connectivity index (χ3v) is 15.2. The molecular weight excluding hydrogens is 737 g/mol. The van der Waals surface area contributed by atoms with Crippen molar-refractivity contribution in [2.75, 3.05) is 98.9 Å². The van der Waals surface area contributed by atoms with Crippen LogP contribution in [0.1, 0.15) is 40.5 Å². The summed E-state index contributed by atoms with van der Waals surface area (Å²) in [5.41, 5.74) is 0.636. The molecule has 0 rings (SSSR count). The lowest BCUT2D eigenvalue weighted by Gasteiger charge is -2.34. The van der Waals surface area contributed by atoms with E-state index in [9.17, 15) is 24.0 Å². The molecule has 2 N–H and O–H groups in total. The van der Waals surface area contributed by atoms with Crippen LogP contribution in [0.25, 0.3) is 0 Å². The molecule has 312 valence electrons. The summed E-state index contributed by atoms with van der Waals surface area (Å²) in [4.78, 5) is 61.8. The highest BCUT2D eigenvalue weighted by atomic mass is 28.4. The number of esters is 2. The molecule has 0 saturated carbocycles. The Morgan fingerprint density at radius 2 is 0.981 bits per heavy atom. The van der Waals surface area contributed by atoms with E-state index < -0.39 is 34.7 Å². The van der Waals surface area contributed by atoms with E-state index in [-0.39, 0.29) is 57.0 Å². The third kappa shape index (κ3) is 28.3. The molecule has 0 aromatic heterocycles. The Hall–Kier alpha value is -3.14. The quantitative estimate of drug-likeness (QED) is 0.0253. The van der Waals surface area contributed by atoms with Crippen LogP contribution in [-0.4, -0.2) is 155 Å². The predicted molar refractivity (Wildman–Crippen MR) is 211 cm³/mol. The number of alkyl carbamates (subject to hydrolysis) is 1. The van der Waals surface area contributed by atoms with Gasteiger partial charge in [0.2, 0.25) is 11.8 Å². The second kappa shape index (κ2) is 29.2. The minimum atomic E-state index is -1.92. The van der Waals surface area contributed by atoms with Crippen LogP contribution in [0.4, 0.5) is 4.79 Å². The molecule has 16 nitrogen and oxygen atoms in total. The number of amides is 3. The Morgan fingerprint density at radius 1 is 0.556 bits per heavy atom. The molecule has 18 heteroatoms. The zero-order valence-electron chi connectivity index (χ0n) is 34.1. The molecule has 0 aromatic carbocycles. The fourth-order valence-electron chi connectivity index (χ4n) is 4.91. The molecule has 0 spiro atoms. The molecule has 0 aliphatic rings. The van der Waals surface area contributed by atoms with Crippen LogP contribution < -0.4 is 10.6 Å². The molecular formula is C36H68N4O12Si2. The van der Waals surface area contributed by atoms with E-state index in [0.717, 1.165) is 24.9 Å². The van der Waals surface area contributed by atoms with Gasteiger partial charge < -0.3 is 47.7 Å². The first kappa shape index (κ1) is 50.9. The topological polar surface area (TPSA) is 180 Å². The van der Waals surface area contributed by atoms with Gasteiger partial charge in [0.25, 0.3) is 0 Å². The van der Waals surface area contributed by atoms with Crippen molar-refractivity contribution in [2.24, 2.45) is 0 Å². The van der Waals surface area contributed by atoms with Crippen molar-refractivity contribution in [2.45, 2.75) is 78.8 Å². The van der Waals surface area contributed by atoms with E-state index in [4.69, 9.17) is 32.5 Å². The van der Waals surface area contributed by atoms with Gasteiger partial charge in [0.05, 0.1) is 39.6 Å². The van der Waals surface area contributed by atoms with E-state index in [1.54, 1.807) is 16.7 Å². The minimum Gasteiger partial charge on any atom is -0.461 e. The van der Waals surface area contributed by atoms with Crippen LogP contribution in [-0.2, 0) is 51.7 Å². The van der Waals surface area contributed by atoms with E-state index >= 15 is 0 Å². The average Bonchev–Trinajstić information content (AvgIpc) is 3.07. The highest BCUT2D eigenvalue weighted by molar-refractivity contribution is 6.84. The Kier molecular flexibility index (Phi) is 27.5. The highest BCUT2D eigenvalue weighted by Gasteiger charge is 2.32. The van der Waals surface area contributed by atoms with Gasteiger partial charge in [-0.2, -0.15) is 0 Å². The zero-order chi connectivity index (χ0) is 41.0. The first-order valence-electron chi connectivity index (χ1n) is 18.6. The standard InChI is InChI=1S/C36H68N4O12Si2/c1-30(2)34(43)49-21-13-37-29-48-25-17-39(32(5)41)15-23-46-19-11-27-53(7,8)52-54(9,10)28-12-20-47-24-16-40(33(6)42)18-26-51-36(45)38-14-22-50-35(44)31(3)4/h37H,1,3,11-29H2,2,4-10H3,(H,38,45). The average molecular weight is 805 g/mol. The lowest BCUT2D eigenvalue weighted by Crippen LogP contribution is -2.44. The van der Waals surface area contributed by atoms with Crippen molar-refractivity contribution in [3.05, 3.63) is 24.3 Å². The van der Waals surface area contributed by atoms with Gasteiger partial charge in [-0.15, -0.1) is 0 Å². The number of hydrogen-bond acceptors (Lipinski definition) is 13. The highest BCUT2D eigenvalue weighted by Crippen LogP contribution is 2.23. The smallest absolute Gasteiger partial charge is 0.407 e. The maximum Gasteiger partial charge on any atom is 0.407 e. The number of carbonyl (C=O) groups is 5. The summed E-state index contributed by atoms with van der Waals surface area (Å²) in [6.07, 6.45) is 1.09. The number of rotatable bonds is 32. The Bertz CT molecular complexity index is 1170. The van der Waals surface area contributed by atoms with Gasteiger partial charge in [0, 0.05) is 64.4 Å². The van der Waals surface area contributed by atoms with E-state index in [2.05, 4.69) is 50.0 Å². The molecule has 54 heavy (non-hydrogen) atoms. The van der Waals surface area contributed by atoms with Gasteiger partial charge in [-0.1, -0.05) is 13.2 Å². The molecule has 0 aromatic rings. The summed E-state index contributed by atoms with van der Waals surface area (Å²) in [6, 6.07) is 1.93. The van der Waals surface area contributed by atoms with Gasteiger partial charge in [-0.25, -0.2) is 14.4 Å². The first-order chi connectivity index (χ1) is 25.4. The molecule has 0 heterocycles. The number of nitrogens with one attached hydrogen (secondary N) is 2. The van der Waals surface area contributed by atoms with E-state index in [0.29, 0.717) is 64.8 Å². The molecule has 0 atom stereocenters. The number of hydrogen-bond donors (Lipinski definition) is 2. The third-order valence-electron chi connectivity index (χ3n) is 7.71. The maximum absolute atomic E-state index is 12.0. The maximum atomic E-state index is 12.0.